The van der Waals surface area contributed by atoms with E-state index in [0.29, 0.717) is 18.5 Å². The zero-order chi connectivity index (χ0) is 15.8. The molecule has 0 unspecified atom stereocenters. The van der Waals surface area contributed by atoms with Gasteiger partial charge in [0.2, 0.25) is 5.91 Å². The van der Waals surface area contributed by atoms with Crippen molar-refractivity contribution in [1.82, 2.24) is 15.1 Å². The van der Waals surface area contributed by atoms with Crippen LogP contribution in [0.2, 0.25) is 0 Å². The largest absolute Gasteiger partial charge is 0.435 e. The average Bonchev–Trinajstić information content (AvgIpc) is 2.66. The Kier molecular flexibility index (Phi) is 4.04. The minimum absolute atomic E-state index is 0.171. The van der Waals surface area contributed by atoms with Gasteiger partial charge in [-0.15, -0.1) is 0 Å². The number of fused-ring (bicyclic) bond motifs is 1. The summed E-state index contributed by atoms with van der Waals surface area (Å²) in [7, 11) is 0. The van der Waals surface area contributed by atoms with Crippen molar-refractivity contribution >= 4 is 5.91 Å². The number of halogens is 3. The molecule has 1 aromatic rings. The summed E-state index contributed by atoms with van der Waals surface area (Å²) in [6, 6.07) is 0. The summed E-state index contributed by atoms with van der Waals surface area (Å²) in [5.74, 6) is -0.327. The van der Waals surface area contributed by atoms with Gasteiger partial charge in [-0.2, -0.15) is 18.3 Å². The molecular weight excluding hydrogens is 283 g/mol. The number of carbonyl (C=O) groups excluding carboxylic acids is 1. The van der Waals surface area contributed by atoms with Crippen LogP contribution in [0.15, 0.2) is 0 Å². The zero-order valence-electron chi connectivity index (χ0n) is 12.5. The third-order valence-electron chi connectivity index (χ3n) is 3.33. The normalized spacial score (nSPS) is 15.7. The van der Waals surface area contributed by atoms with Crippen molar-refractivity contribution < 1.29 is 18.0 Å². The molecule has 0 atom stereocenters. The zero-order valence-corrected chi connectivity index (χ0v) is 12.5. The summed E-state index contributed by atoms with van der Waals surface area (Å²) in [6.45, 7) is 5.30. The van der Waals surface area contributed by atoms with Crippen LogP contribution in [0.3, 0.4) is 0 Å². The van der Waals surface area contributed by atoms with Gasteiger partial charge in [0.1, 0.15) is 6.54 Å². The molecular formula is C14H20F3N3O. The second-order valence-electron chi connectivity index (χ2n) is 6.43. The third-order valence-corrected chi connectivity index (χ3v) is 3.33. The minimum Gasteiger partial charge on any atom is -0.350 e. The predicted molar refractivity (Wildman–Crippen MR) is 71.8 cm³/mol. The first-order valence-corrected chi connectivity index (χ1v) is 7.05. The maximum atomic E-state index is 13.0. The molecule has 0 radical (unpaired) electrons. The maximum Gasteiger partial charge on any atom is 0.435 e. The van der Waals surface area contributed by atoms with Crippen LogP contribution in [0.4, 0.5) is 13.2 Å². The van der Waals surface area contributed by atoms with E-state index < -0.39 is 17.4 Å². The number of hydrogen-bond donors (Lipinski definition) is 1. The van der Waals surface area contributed by atoms with E-state index in [4.69, 9.17) is 0 Å². The Morgan fingerprint density at radius 2 is 1.86 bits per heavy atom. The van der Waals surface area contributed by atoms with Crippen LogP contribution < -0.4 is 5.32 Å². The average molecular weight is 303 g/mol. The lowest BCUT2D eigenvalue weighted by Crippen LogP contribution is -2.42. The third kappa shape index (κ3) is 3.77. The molecule has 0 saturated carbocycles. The van der Waals surface area contributed by atoms with Crippen molar-refractivity contribution in [2.75, 3.05) is 0 Å². The molecule has 21 heavy (non-hydrogen) atoms. The summed E-state index contributed by atoms with van der Waals surface area (Å²) < 4.78 is 40.3. The molecule has 1 N–H and O–H groups in total. The molecule has 0 bridgehead atoms. The topological polar surface area (TPSA) is 46.9 Å². The molecule has 4 nitrogen and oxygen atoms in total. The van der Waals surface area contributed by atoms with Gasteiger partial charge in [0.15, 0.2) is 5.69 Å². The monoisotopic (exact) mass is 303 g/mol. The number of rotatable bonds is 2. The number of amides is 1. The van der Waals surface area contributed by atoms with E-state index in [1.807, 2.05) is 20.8 Å². The molecule has 0 spiro atoms. The molecule has 1 heterocycles. The highest BCUT2D eigenvalue weighted by molar-refractivity contribution is 5.76. The lowest BCUT2D eigenvalue weighted by atomic mass is 9.95. The Labute approximate surface area is 121 Å². The lowest BCUT2D eigenvalue weighted by molar-refractivity contribution is -0.142. The van der Waals surface area contributed by atoms with Crippen molar-refractivity contribution in [2.24, 2.45) is 0 Å². The van der Waals surface area contributed by atoms with Gasteiger partial charge < -0.3 is 5.32 Å². The van der Waals surface area contributed by atoms with E-state index in [1.54, 1.807) is 0 Å². The number of nitrogens with zero attached hydrogens (tertiary/aromatic N) is 2. The summed E-state index contributed by atoms with van der Waals surface area (Å²) in [4.78, 5) is 11.9. The van der Waals surface area contributed by atoms with Gasteiger partial charge >= 0.3 is 6.18 Å². The van der Waals surface area contributed by atoms with E-state index in [0.717, 1.165) is 12.8 Å². The summed E-state index contributed by atoms with van der Waals surface area (Å²) in [6.07, 6.45) is -1.98. The molecule has 0 aromatic carbocycles. The van der Waals surface area contributed by atoms with Gasteiger partial charge in [0.05, 0.1) is 0 Å². The standard InChI is InChI=1S/C14H20F3N3O/c1-13(2,3)18-11(21)8-20-10-7-5-4-6-9(10)12(19-20)14(15,16)17/h4-8H2,1-3H3,(H,18,21). The Balaban J connectivity index is 2.28. The Bertz CT molecular complexity index is 541. The van der Waals surface area contributed by atoms with Crippen LogP contribution in [0.25, 0.3) is 0 Å². The Hall–Kier alpha value is -1.53. The van der Waals surface area contributed by atoms with Gasteiger partial charge in [-0.25, -0.2) is 0 Å². The second-order valence-corrected chi connectivity index (χ2v) is 6.43. The Morgan fingerprint density at radius 1 is 1.24 bits per heavy atom. The molecule has 118 valence electrons. The fourth-order valence-electron chi connectivity index (χ4n) is 2.62. The number of alkyl halides is 3. The fourth-order valence-corrected chi connectivity index (χ4v) is 2.62. The van der Waals surface area contributed by atoms with Crippen molar-refractivity contribution in [3.05, 3.63) is 17.0 Å². The van der Waals surface area contributed by atoms with Crippen molar-refractivity contribution in [3.63, 3.8) is 0 Å². The minimum atomic E-state index is -4.47. The fraction of sp³-hybridized carbons (Fsp3) is 0.714. The summed E-state index contributed by atoms with van der Waals surface area (Å²) in [5.41, 5.74) is -0.437. The SMILES string of the molecule is CC(C)(C)NC(=O)Cn1nc(C(F)(F)F)c2c1CCCC2. The molecule has 7 heteroatoms. The van der Waals surface area contributed by atoms with Crippen LogP contribution >= 0.6 is 0 Å². The molecule has 1 amide bonds. The highest BCUT2D eigenvalue weighted by Gasteiger charge is 2.39. The van der Waals surface area contributed by atoms with Crippen LogP contribution in [0, 0.1) is 0 Å². The van der Waals surface area contributed by atoms with E-state index in [1.165, 1.54) is 4.68 Å². The highest BCUT2D eigenvalue weighted by atomic mass is 19.4. The molecule has 1 aliphatic carbocycles. The number of aromatic nitrogens is 2. The lowest BCUT2D eigenvalue weighted by Gasteiger charge is -2.21. The first kappa shape index (κ1) is 15.9. The van der Waals surface area contributed by atoms with Gasteiger partial charge in [0.25, 0.3) is 0 Å². The smallest absolute Gasteiger partial charge is 0.350 e. The van der Waals surface area contributed by atoms with Crippen molar-refractivity contribution in [3.8, 4) is 0 Å². The predicted octanol–water partition coefficient (Wildman–Crippen LogP) is 2.70. The number of carbonyl (C=O) groups is 1. The maximum absolute atomic E-state index is 13.0. The molecule has 0 fully saturated rings. The summed E-state index contributed by atoms with van der Waals surface area (Å²) in [5, 5.41) is 6.41. The quantitative estimate of drug-likeness (QED) is 0.913. The Morgan fingerprint density at radius 3 is 2.43 bits per heavy atom. The first-order chi connectivity index (χ1) is 9.58. The van der Waals surface area contributed by atoms with E-state index in [2.05, 4.69) is 10.4 Å². The molecule has 0 aliphatic heterocycles. The van der Waals surface area contributed by atoms with Crippen LogP contribution in [-0.2, 0) is 30.4 Å². The molecule has 1 aliphatic rings. The molecule has 1 aromatic heterocycles. The first-order valence-electron chi connectivity index (χ1n) is 7.05. The van der Waals surface area contributed by atoms with Gasteiger partial charge in [-0.1, -0.05) is 0 Å². The summed E-state index contributed by atoms with van der Waals surface area (Å²) >= 11 is 0. The van der Waals surface area contributed by atoms with Crippen LogP contribution in [0.5, 0.6) is 0 Å². The van der Waals surface area contributed by atoms with E-state index in [-0.39, 0.29) is 18.0 Å². The van der Waals surface area contributed by atoms with Gasteiger partial charge in [0, 0.05) is 16.8 Å². The van der Waals surface area contributed by atoms with Gasteiger partial charge in [-0.3, -0.25) is 9.48 Å². The molecule has 2 rings (SSSR count). The van der Waals surface area contributed by atoms with Crippen LogP contribution in [-0.4, -0.2) is 21.2 Å². The molecule has 0 saturated heterocycles. The second kappa shape index (κ2) is 5.35. The van der Waals surface area contributed by atoms with Crippen molar-refractivity contribution in [1.29, 1.82) is 0 Å². The van der Waals surface area contributed by atoms with E-state index in [9.17, 15) is 18.0 Å². The highest BCUT2D eigenvalue weighted by Crippen LogP contribution is 2.35. The van der Waals surface area contributed by atoms with E-state index >= 15 is 0 Å². The number of hydrogen-bond acceptors (Lipinski definition) is 2. The van der Waals surface area contributed by atoms with Crippen molar-refractivity contribution in [2.45, 2.75) is 64.7 Å². The number of nitrogens with one attached hydrogen (secondary N) is 1. The van der Waals surface area contributed by atoms with Crippen LogP contribution in [0.1, 0.15) is 50.6 Å². The van der Waals surface area contributed by atoms with Gasteiger partial charge in [-0.05, 0) is 46.5 Å².